The molecule has 0 bridgehead atoms. The van der Waals surface area contributed by atoms with Gasteiger partial charge in [-0.25, -0.2) is 0 Å². The van der Waals surface area contributed by atoms with Crippen LogP contribution in [0.1, 0.15) is 58.4 Å². The van der Waals surface area contributed by atoms with Crippen molar-refractivity contribution in [2.75, 3.05) is 18.1 Å². The standard InChI is InChI=1S/C19H32NOPS3/c1-4-6-16-24-22(23,20(5-2)18(3)21)25-17-12-8-11-15-19-13-9-7-10-14-19/h7,9-10,13-14H,4-6,8,11-12,15-17H2,1-3H3. The molecule has 0 radical (unpaired) electrons. The van der Waals surface area contributed by atoms with Gasteiger partial charge in [-0.15, -0.1) is 0 Å². The molecule has 1 atom stereocenters. The van der Waals surface area contributed by atoms with Gasteiger partial charge in [0.05, 0.1) is 0 Å². The zero-order valence-electron chi connectivity index (χ0n) is 15.8. The van der Waals surface area contributed by atoms with E-state index >= 15 is 0 Å². The Labute approximate surface area is 167 Å². The summed E-state index contributed by atoms with van der Waals surface area (Å²) in [4.78, 5) is 12.0. The number of hydrogen-bond acceptors (Lipinski definition) is 4. The number of nitrogens with zero attached hydrogens (tertiary/aromatic N) is 1. The van der Waals surface area contributed by atoms with E-state index in [0.717, 1.165) is 24.5 Å². The van der Waals surface area contributed by atoms with Crippen molar-refractivity contribution in [3.63, 3.8) is 0 Å². The molecule has 0 spiro atoms. The van der Waals surface area contributed by atoms with E-state index in [0.29, 0.717) is 0 Å². The van der Waals surface area contributed by atoms with Crippen LogP contribution in [0.25, 0.3) is 0 Å². The lowest BCUT2D eigenvalue weighted by molar-refractivity contribution is -0.123. The zero-order chi connectivity index (χ0) is 18.5. The van der Waals surface area contributed by atoms with E-state index in [2.05, 4.69) is 37.3 Å². The molecule has 0 saturated carbocycles. The summed E-state index contributed by atoms with van der Waals surface area (Å²) >= 11 is 9.75. The number of carbonyl (C=O) groups is 1. The van der Waals surface area contributed by atoms with Gasteiger partial charge in [0.15, 0.2) is 0 Å². The molecule has 1 aromatic carbocycles. The lowest BCUT2D eigenvalue weighted by Gasteiger charge is -2.32. The highest BCUT2D eigenvalue weighted by atomic mass is 33.2. The van der Waals surface area contributed by atoms with Crippen LogP contribution in [0.3, 0.4) is 0 Å². The first kappa shape index (κ1) is 23.1. The molecule has 0 aromatic heterocycles. The van der Waals surface area contributed by atoms with Crippen molar-refractivity contribution >= 4 is 45.1 Å². The fourth-order valence-corrected chi connectivity index (χ4v) is 13.4. The summed E-state index contributed by atoms with van der Waals surface area (Å²) in [6.45, 7) is 6.63. The summed E-state index contributed by atoms with van der Waals surface area (Å²) in [5, 5.41) is 0. The third kappa shape index (κ3) is 8.99. The van der Waals surface area contributed by atoms with Crippen molar-refractivity contribution in [2.45, 2.75) is 59.3 Å². The predicted molar refractivity (Wildman–Crippen MR) is 121 cm³/mol. The first-order chi connectivity index (χ1) is 12.0. The van der Waals surface area contributed by atoms with Crippen LogP contribution in [0, 0.1) is 0 Å². The number of rotatable bonds is 13. The quantitative estimate of drug-likeness (QED) is 0.261. The molecule has 6 heteroatoms. The van der Waals surface area contributed by atoms with Crippen LogP contribution in [0.15, 0.2) is 30.3 Å². The molecule has 0 fully saturated rings. The van der Waals surface area contributed by atoms with Crippen LogP contribution in [-0.2, 0) is 23.0 Å². The van der Waals surface area contributed by atoms with Crippen molar-refractivity contribution in [2.24, 2.45) is 0 Å². The summed E-state index contributed by atoms with van der Waals surface area (Å²) in [6, 6.07) is 10.7. The maximum Gasteiger partial charge on any atom is 0.224 e. The van der Waals surface area contributed by atoms with Crippen LogP contribution < -0.4 is 0 Å². The highest BCUT2D eigenvalue weighted by Gasteiger charge is 2.27. The monoisotopic (exact) mass is 417 g/mol. The van der Waals surface area contributed by atoms with E-state index in [-0.39, 0.29) is 5.91 Å². The van der Waals surface area contributed by atoms with Crippen molar-refractivity contribution < 1.29 is 4.79 Å². The van der Waals surface area contributed by atoms with Crippen LogP contribution in [0.2, 0.25) is 0 Å². The third-order valence-electron chi connectivity index (χ3n) is 3.92. The maximum absolute atomic E-state index is 12.0. The van der Waals surface area contributed by atoms with Crippen LogP contribution in [0.5, 0.6) is 0 Å². The SMILES string of the molecule is CCCCSP(=S)(SCCCCCc1ccccc1)N(CC)C(C)=O. The van der Waals surface area contributed by atoms with Crippen LogP contribution in [0.4, 0.5) is 0 Å². The van der Waals surface area contributed by atoms with Crippen LogP contribution in [-0.4, -0.2) is 28.6 Å². The highest BCUT2D eigenvalue weighted by Crippen LogP contribution is 2.71. The smallest absolute Gasteiger partial charge is 0.224 e. The minimum absolute atomic E-state index is 0.131. The van der Waals surface area contributed by atoms with Gasteiger partial charge in [-0.05, 0) is 38.2 Å². The number of benzene rings is 1. The molecular weight excluding hydrogens is 385 g/mol. The summed E-state index contributed by atoms with van der Waals surface area (Å²) in [7, 11) is 0. The normalized spacial score (nSPS) is 13.4. The predicted octanol–water partition coefficient (Wildman–Crippen LogP) is 6.76. The van der Waals surface area contributed by atoms with Crippen molar-refractivity contribution in [3.8, 4) is 0 Å². The third-order valence-corrected chi connectivity index (χ3v) is 15.3. The number of aryl methyl sites for hydroxylation is 1. The minimum atomic E-state index is -1.87. The van der Waals surface area contributed by atoms with Gasteiger partial charge in [0.1, 0.15) is 4.59 Å². The Kier molecular flexibility index (Phi) is 12.2. The van der Waals surface area contributed by atoms with Gasteiger partial charge in [0.25, 0.3) is 0 Å². The van der Waals surface area contributed by atoms with Gasteiger partial charge >= 0.3 is 0 Å². The van der Waals surface area contributed by atoms with Crippen molar-refractivity contribution in [3.05, 3.63) is 35.9 Å². The molecule has 0 saturated heterocycles. The molecule has 1 aromatic rings. The molecule has 0 aliphatic rings. The topological polar surface area (TPSA) is 20.3 Å². The lowest BCUT2D eigenvalue weighted by atomic mass is 10.1. The second-order valence-electron chi connectivity index (χ2n) is 6.02. The minimum Gasteiger partial charge on any atom is -0.299 e. The van der Waals surface area contributed by atoms with E-state index in [4.69, 9.17) is 11.8 Å². The second-order valence-corrected chi connectivity index (χ2v) is 17.2. The van der Waals surface area contributed by atoms with Crippen molar-refractivity contribution in [1.29, 1.82) is 0 Å². The molecule has 2 nitrogen and oxygen atoms in total. The molecule has 0 heterocycles. The molecule has 142 valence electrons. The lowest BCUT2D eigenvalue weighted by Crippen LogP contribution is -2.23. The van der Waals surface area contributed by atoms with Gasteiger partial charge in [-0.1, -0.05) is 84.7 Å². The average Bonchev–Trinajstić information content (AvgIpc) is 2.59. The number of hydrogen-bond donors (Lipinski definition) is 0. The molecule has 25 heavy (non-hydrogen) atoms. The second kappa shape index (κ2) is 13.2. The van der Waals surface area contributed by atoms with Crippen molar-refractivity contribution in [1.82, 2.24) is 4.67 Å². The Hall–Kier alpha value is 0.0400. The van der Waals surface area contributed by atoms with E-state index in [9.17, 15) is 4.79 Å². The van der Waals surface area contributed by atoms with Gasteiger partial charge < -0.3 is 0 Å². The zero-order valence-corrected chi connectivity index (χ0v) is 19.1. The first-order valence-electron chi connectivity index (χ1n) is 9.25. The van der Waals surface area contributed by atoms with Gasteiger partial charge in [-0.2, -0.15) is 0 Å². The molecule has 0 aliphatic heterocycles. The number of unbranched alkanes of at least 4 members (excludes halogenated alkanes) is 3. The maximum atomic E-state index is 12.0. The molecular formula is C19H32NOPS3. The highest BCUT2D eigenvalue weighted by molar-refractivity contribution is 8.99. The van der Waals surface area contributed by atoms with Crippen LogP contribution >= 0.6 is 27.4 Å². The molecule has 1 rings (SSSR count). The van der Waals surface area contributed by atoms with E-state index in [1.54, 1.807) is 6.92 Å². The molecule has 0 aliphatic carbocycles. The molecule has 0 N–H and O–H groups in total. The van der Waals surface area contributed by atoms with Gasteiger partial charge in [0.2, 0.25) is 5.91 Å². The Morgan fingerprint density at radius 1 is 1.04 bits per heavy atom. The summed E-state index contributed by atoms with van der Waals surface area (Å²) < 4.78 is 0.0841. The fourth-order valence-electron chi connectivity index (χ4n) is 2.50. The van der Waals surface area contributed by atoms with Gasteiger partial charge in [-0.3, -0.25) is 9.46 Å². The van der Waals surface area contributed by atoms with E-state index in [1.165, 1.54) is 37.7 Å². The summed E-state index contributed by atoms with van der Waals surface area (Å²) in [5.74, 6) is 2.26. The van der Waals surface area contributed by atoms with E-state index < -0.39 is 4.59 Å². The largest absolute Gasteiger partial charge is 0.299 e. The Morgan fingerprint density at radius 3 is 2.24 bits per heavy atom. The van der Waals surface area contributed by atoms with Gasteiger partial charge in [0, 0.05) is 25.0 Å². The van der Waals surface area contributed by atoms with E-state index in [1.807, 2.05) is 34.4 Å². The Balaban J connectivity index is 2.41. The number of amides is 1. The Morgan fingerprint density at radius 2 is 1.68 bits per heavy atom. The first-order valence-corrected chi connectivity index (χ1v) is 15.2. The fraction of sp³-hybridized carbons (Fsp3) is 0.632. The molecule has 1 unspecified atom stereocenters. The Bertz CT molecular complexity index is 539. The number of carbonyl (C=O) groups excluding carboxylic acids is 1. The summed E-state index contributed by atoms with van der Waals surface area (Å²) in [5.41, 5.74) is 1.42. The summed E-state index contributed by atoms with van der Waals surface area (Å²) in [6.07, 6.45) is 7.14. The molecule has 1 amide bonds. The average molecular weight is 418 g/mol.